The maximum absolute atomic E-state index is 2.30. The first kappa shape index (κ1) is 12.0. The Kier molecular flexibility index (Phi) is 3.94. The van der Waals surface area contributed by atoms with Crippen molar-refractivity contribution < 1.29 is 21.7 Å². The average molecular weight is 236 g/mol. The molecule has 0 aromatic heterocycles. The quantitative estimate of drug-likeness (QED) is 0.656. The van der Waals surface area contributed by atoms with Gasteiger partial charge < -0.3 is 0 Å². The van der Waals surface area contributed by atoms with Crippen molar-refractivity contribution in [2.75, 3.05) is 0 Å². The van der Waals surface area contributed by atoms with E-state index in [0.29, 0.717) is 0 Å². The minimum atomic E-state index is 0. The first-order chi connectivity index (χ1) is 6.25. The summed E-state index contributed by atoms with van der Waals surface area (Å²) in [7, 11) is 1.25. The molecule has 1 aliphatic carbocycles. The smallest absolute Gasteiger partial charge is 0.0175 e. The Morgan fingerprint density at radius 2 is 1.93 bits per heavy atom. The largest absolute Gasteiger partial charge is 0.0657 e. The summed E-state index contributed by atoms with van der Waals surface area (Å²) in [5.41, 5.74) is 7.07. The molecule has 0 spiro atoms. The Bertz CT molecular complexity index is 368. The van der Waals surface area contributed by atoms with E-state index >= 15 is 0 Å². The van der Waals surface area contributed by atoms with Crippen LogP contribution >= 0.6 is 0 Å². The van der Waals surface area contributed by atoms with Gasteiger partial charge in [0.1, 0.15) is 0 Å². The summed E-state index contributed by atoms with van der Waals surface area (Å²) in [6, 6.07) is 8.88. The molecular weight excluding hydrogens is 220 g/mol. The van der Waals surface area contributed by atoms with Crippen molar-refractivity contribution in [1.82, 2.24) is 0 Å². The molecule has 14 heavy (non-hydrogen) atoms. The van der Waals surface area contributed by atoms with E-state index in [9.17, 15) is 0 Å². The zero-order valence-corrected chi connectivity index (χ0v) is 12.7. The topological polar surface area (TPSA) is 0 Å². The summed E-state index contributed by atoms with van der Waals surface area (Å²) in [5.74, 6) is 0. The van der Waals surface area contributed by atoms with Gasteiger partial charge in [-0.3, -0.25) is 0 Å². The molecule has 1 aromatic carbocycles. The van der Waals surface area contributed by atoms with Gasteiger partial charge in [-0.05, 0) is 35.6 Å². The first-order valence-corrected chi connectivity index (χ1v) is 6.20. The van der Waals surface area contributed by atoms with Crippen molar-refractivity contribution in [3.05, 3.63) is 41.0 Å². The molecule has 0 nitrogen and oxygen atoms in total. The molecular formula is C12H16SiTi. The number of hydrogen-bond donors (Lipinski definition) is 0. The van der Waals surface area contributed by atoms with Gasteiger partial charge in [-0.1, -0.05) is 36.8 Å². The Hall–Kier alpha value is -0.109. The Morgan fingerprint density at radius 1 is 1.29 bits per heavy atom. The zero-order chi connectivity index (χ0) is 9.42. The zero-order valence-electron chi connectivity index (χ0n) is 9.09. The third kappa shape index (κ3) is 1.69. The van der Waals surface area contributed by atoms with E-state index in [1.54, 1.807) is 16.7 Å². The fraction of sp³-hybridized carbons (Fsp3) is 0.333. The molecule has 0 bridgehead atoms. The molecule has 0 radical (unpaired) electrons. The molecule has 0 saturated heterocycles. The maximum Gasteiger partial charge on any atom is 0.0175 e. The SMILES string of the molecule is CCC1=C(C)C([SiH3])c2ccccc21.[Ti]. The first-order valence-electron chi connectivity index (χ1n) is 5.04. The second kappa shape index (κ2) is 4.61. The van der Waals surface area contributed by atoms with Crippen LogP contribution in [0.15, 0.2) is 29.8 Å². The summed E-state index contributed by atoms with van der Waals surface area (Å²) in [6.45, 7) is 4.56. The molecule has 1 unspecified atom stereocenters. The average Bonchev–Trinajstić information content (AvgIpc) is 2.41. The predicted octanol–water partition coefficient (Wildman–Crippen LogP) is 2.29. The molecule has 0 aliphatic heterocycles. The summed E-state index contributed by atoms with van der Waals surface area (Å²) in [4.78, 5) is 0. The van der Waals surface area contributed by atoms with E-state index in [0.717, 1.165) is 5.54 Å². The van der Waals surface area contributed by atoms with Crippen LogP contribution < -0.4 is 0 Å². The van der Waals surface area contributed by atoms with Gasteiger partial charge in [0.25, 0.3) is 0 Å². The Balaban J connectivity index is 0.000000980. The van der Waals surface area contributed by atoms with E-state index in [1.165, 1.54) is 22.2 Å². The van der Waals surface area contributed by atoms with Crippen molar-refractivity contribution in [1.29, 1.82) is 0 Å². The van der Waals surface area contributed by atoms with Crippen LogP contribution in [-0.2, 0) is 21.7 Å². The van der Waals surface area contributed by atoms with E-state index < -0.39 is 0 Å². The summed E-state index contributed by atoms with van der Waals surface area (Å²) in [6.07, 6.45) is 1.18. The molecule has 0 N–H and O–H groups in total. The minimum absolute atomic E-state index is 0. The molecule has 72 valence electrons. The predicted molar refractivity (Wildman–Crippen MR) is 62.0 cm³/mol. The molecule has 2 heteroatoms. The minimum Gasteiger partial charge on any atom is -0.0657 e. The number of benzene rings is 1. The van der Waals surface area contributed by atoms with Crippen molar-refractivity contribution >= 4 is 15.8 Å². The number of rotatable bonds is 1. The molecule has 1 aliphatic rings. The summed E-state index contributed by atoms with van der Waals surface area (Å²) >= 11 is 0. The third-order valence-corrected chi connectivity index (χ3v) is 4.72. The van der Waals surface area contributed by atoms with Crippen molar-refractivity contribution in [3.8, 4) is 0 Å². The van der Waals surface area contributed by atoms with Crippen LogP contribution in [-0.4, -0.2) is 10.2 Å². The number of hydrogen-bond acceptors (Lipinski definition) is 0. The summed E-state index contributed by atoms with van der Waals surface area (Å²) < 4.78 is 0. The molecule has 0 amide bonds. The van der Waals surface area contributed by atoms with Crippen LogP contribution in [0.2, 0.25) is 0 Å². The second-order valence-electron chi connectivity index (χ2n) is 3.82. The van der Waals surface area contributed by atoms with Gasteiger partial charge in [0.05, 0.1) is 0 Å². The second-order valence-corrected chi connectivity index (χ2v) is 4.98. The van der Waals surface area contributed by atoms with E-state index in [4.69, 9.17) is 0 Å². The Morgan fingerprint density at radius 3 is 2.57 bits per heavy atom. The van der Waals surface area contributed by atoms with E-state index in [1.807, 2.05) is 0 Å². The van der Waals surface area contributed by atoms with Crippen LogP contribution in [0.5, 0.6) is 0 Å². The van der Waals surface area contributed by atoms with Crippen LogP contribution in [0.3, 0.4) is 0 Å². The van der Waals surface area contributed by atoms with Gasteiger partial charge in [0.15, 0.2) is 0 Å². The van der Waals surface area contributed by atoms with Gasteiger partial charge in [-0.25, -0.2) is 0 Å². The fourth-order valence-corrected chi connectivity index (χ4v) is 3.18. The summed E-state index contributed by atoms with van der Waals surface area (Å²) in [5, 5.41) is 0. The van der Waals surface area contributed by atoms with E-state index in [2.05, 4.69) is 38.1 Å². The molecule has 1 atom stereocenters. The maximum atomic E-state index is 2.30. The van der Waals surface area contributed by atoms with Crippen molar-refractivity contribution in [2.24, 2.45) is 0 Å². The van der Waals surface area contributed by atoms with Crippen LogP contribution in [0.4, 0.5) is 0 Å². The fourth-order valence-electron chi connectivity index (χ4n) is 2.33. The number of allylic oxidation sites excluding steroid dienone is 2. The van der Waals surface area contributed by atoms with Gasteiger partial charge in [-0.2, -0.15) is 0 Å². The molecule has 1 aromatic rings. The monoisotopic (exact) mass is 236 g/mol. The molecule has 0 fully saturated rings. The van der Waals surface area contributed by atoms with Gasteiger partial charge in [0.2, 0.25) is 0 Å². The normalized spacial score (nSPS) is 19.4. The van der Waals surface area contributed by atoms with Crippen LogP contribution in [0.1, 0.15) is 36.9 Å². The van der Waals surface area contributed by atoms with Gasteiger partial charge in [0, 0.05) is 32.0 Å². The van der Waals surface area contributed by atoms with Crippen molar-refractivity contribution in [3.63, 3.8) is 0 Å². The number of fused-ring (bicyclic) bond motifs is 1. The molecule has 0 heterocycles. The Labute approximate surface area is 104 Å². The van der Waals surface area contributed by atoms with Crippen molar-refractivity contribution in [2.45, 2.75) is 25.8 Å². The van der Waals surface area contributed by atoms with Crippen LogP contribution in [0, 0.1) is 0 Å². The van der Waals surface area contributed by atoms with Crippen LogP contribution in [0.25, 0.3) is 5.57 Å². The standard InChI is InChI=1S/C12H16Si.Ti/c1-3-9-8(2)12(13)11-7-5-4-6-10(9)11;/h4-7,12H,3H2,1-2,13H3;. The van der Waals surface area contributed by atoms with E-state index in [-0.39, 0.29) is 21.7 Å². The van der Waals surface area contributed by atoms with Gasteiger partial charge in [-0.15, -0.1) is 0 Å². The molecule has 2 rings (SSSR count). The molecule has 0 saturated carbocycles. The van der Waals surface area contributed by atoms with Gasteiger partial charge >= 0.3 is 0 Å². The third-order valence-electron chi connectivity index (χ3n) is 3.23.